The fourth-order valence-electron chi connectivity index (χ4n) is 3.06. The Labute approximate surface area is 153 Å². The third-order valence-corrected chi connectivity index (χ3v) is 4.69. The van der Waals surface area contributed by atoms with Gasteiger partial charge in [-0.1, -0.05) is 5.21 Å². The number of carbonyl (C=O) groups is 1. The van der Waals surface area contributed by atoms with Gasteiger partial charge in [0.15, 0.2) is 0 Å². The van der Waals surface area contributed by atoms with Crippen LogP contribution in [0, 0.1) is 13.8 Å². The Hall–Kier alpha value is -3.81. The minimum atomic E-state index is -0.474. The van der Waals surface area contributed by atoms with E-state index >= 15 is 0 Å². The van der Waals surface area contributed by atoms with Gasteiger partial charge in [0, 0.05) is 17.1 Å². The maximum Gasteiger partial charge on any atom is 0.258 e. The summed E-state index contributed by atoms with van der Waals surface area (Å²) in [6.45, 7) is 3.72. The number of pyridine rings is 2. The van der Waals surface area contributed by atoms with Crippen molar-refractivity contribution in [2.24, 2.45) is 5.73 Å². The van der Waals surface area contributed by atoms with Crippen molar-refractivity contribution in [2.45, 2.75) is 13.8 Å². The zero-order valence-electron chi connectivity index (χ0n) is 14.7. The van der Waals surface area contributed by atoms with Crippen LogP contribution in [0.5, 0.6) is 0 Å². The number of aromatic amines is 1. The molecule has 0 atom stereocenters. The van der Waals surface area contributed by atoms with E-state index in [1.54, 1.807) is 41.5 Å². The number of rotatable bonds is 3. The summed E-state index contributed by atoms with van der Waals surface area (Å²) in [5, 5.41) is 9.14. The molecule has 0 saturated carbocycles. The first kappa shape index (κ1) is 16.6. The molecule has 27 heavy (non-hydrogen) atoms. The molecule has 4 rings (SSSR count). The van der Waals surface area contributed by atoms with Gasteiger partial charge >= 0.3 is 0 Å². The number of nitrogens with zero attached hydrogens (tertiary/aromatic N) is 4. The zero-order valence-corrected chi connectivity index (χ0v) is 14.7. The van der Waals surface area contributed by atoms with Crippen molar-refractivity contribution >= 4 is 16.8 Å². The largest absolute Gasteiger partial charge is 0.366 e. The molecule has 0 aliphatic rings. The molecule has 134 valence electrons. The van der Waals surface area contributed by atoms with E-state index in [9.17, 15) is 9.59 Å². The number of carbonyl (C=O) groups excluding carboxylic acids is 1. The number of H-pyrrole nitrogens is 1. The molecule has 0 radical (unpaired) electrons. The number of hydrogen-bond donors (Lipinski definition) is 2. The highest BCUT2D eigenvalue weighted by atomic mass is 16.1. The predicted molar refractivity (Wildman–Crippen MR) is 101 cm³/mol. The molecule has 0 saturated heterocycles. The molecule has 0 aliphatic heterocycles. The lowest BCUT2D eigenvalue weighted by atomic mass is 10.0. The molecule has 0 unspecified atom stereocenters. The summed E-state index contributed by atoms with van der Waals surface area (Å²) >= 11 is 0. The van der Waals surface area contributed by atoms with Crippen LogP contribution in [0.25, 0.3) is 27.8 Å². The lowest BCUT2D eigenvalue weighted by Crippen LogP contribution is -2.14. The molecule has 8 heteroatoms. The average Bonchev–Trinajstić information content (AvgIpc) is 3.12. The number of nitrogens with one attached hydrogen (secondary N) is 1. The third kappa shape index (κ3) is 2.77. The van der Waals surface area contributed by atoms with Crippen LogP contribution in [-0.2, 0) is 0 Å². The quantitative estimate of drug-likeness (QED) is 0.578. The van der Waals surface area contributed by atoms with Crippen LogP contribution in [0.4, 0.5) is 0 Å². The molecule has 8 nitrogen and oxygen atoms in total. The van der Waals surface area contributed by atoms with E-state index < -0.39 is 5.91 Å². The van der Waals surface area contributed by atoms with Crippen LogP contribution in [0.3, 0.4) is 0 Å². The van der Waals surface area contributed by atoms with Crippen LogP contribution in [-0.4, -0.2) is 30.9 Å². The van der Waals surface area contributed by atoms with Gasteiger partial charge in [-0.3, -0.25) is 14.6 Å². The maximum atomic E-state index is 12.4. The van der Waals surface area contributed by atoms with Crippen LogP contribution >= 0.6 is 0 Å². The fourth-order valence-corrected chi connectivity index (χ4v) is 3.06. The van der Waals surface area contributed by atoms with Gasteiger partial charge in [0.25, 0.3) is 5.56 Å². The van der Waals surface area contributed by atoms with E-state index in [0.29, 0.717) is 22.3 Å². The van der Waals surface area contributed by atoms with Crippen LogP contribution in [0.2, 0.25) is 0 Å². The smallest absolute Gasteiger partial charge is 0.258 e. The number of benzene rings is 1. The van der Waals surface area contributed by atoms with Gasteiger partial charge in [0.2, 0.25) is 5.91 Å². The maximum absolute atomic E-state index is 12.4. The first-order valence-electron chi connectivity index (χ1n) is 8.26. The molecule has 0 spiro atoms. The molecule has 3 heterocycles. The third-order valence-electron chi connectivity index (χ3n) is 4.69. The van der Waals surface area contributed by atoms with E-state index in [0.717, 1.165) is 22.2 Å². The monoisotopic (exact) mass is 360 g/mol. The highest BCUT2D eigenvalue weighted by Gasteiger charge is 2.15. The summed E-state index contributed by atoms with van der Waals surface area (Å²) in [7, 11) is 0. The minimum Gasteiger partial charge on any atom is -0.366 e. The SMILES string of the molecule is Cc1c(C(N)=O)ccc(-n2cc(-c3cc4ccncc4[nH]c3=O)nn2)c1C. The van der Waals surface area contributed by atoms with Crippen LogP contribution in [0.1, 0.15) is 21.5 Å². The molecule has 3 N–H and O–H groups in total. The van der Waals surface area contributed by atoms with Crippen LogP contribution in [0.15, 0.2) is 47.7 Å². The molecule has 0 bridgehead atoms. The lowest BCUT2D eigenvalue weighted by Gasteiger charge is -2.10. The van der Waals surface area contributed by atoms with Crippen molar-refractivity contribution in [2.75, 3.05) is 0 Å². The van der Waals surface area contributed by atoms with Gasteiger partial charge in [-0.2, -0.15) is 0 Å². The van der Waals surface area contributed by atoms with E-state index in [2.05, 4.69) is 20.3 Å². The second-order valence-corrected chi connectivity index (χ2v) is 6.27. The number of amides is 1. The Morgan fingerprint density at radius 2 is 2.00 bits per heavy atom. The Balaban J connectivity index is 1.81. The average molecular weight is 360 g/mol. The number of primary amides is 1. The van der Waals surface area contributed by atoms with Crippen molar-refractivity contribution in [3.8, 4) is 16.9 Å². The second kappa shape index (κ2) is 6.17. The highest BCUT2D eigenvalue weighted by molar-refractivity contribution is 5.95. The molecular weight excluding hydrogens is 344 g/mol. The molecular formula is C19H16N6O2. The number of hydrogen-bond acceptors (Lipinski definition) is 5. The van der Waals surface area contributed by atoms with Crippen molar-refractivity contribution in [1.29, 1.82) is 0 Å². The number of aromatic nitrogens is 5. The topological polar surface area (TPSA) is 120 Å². The predicted octanol–water partition coefficient (Wildman–Crippen LogP) is 1.89. The van der Waals surface area contributed by atoms with Gasteiger partial charge in [-0.05, 0) is 49.2 Å². The first-order chi connectivity index (χ1) is 13.0. The lowest BCUT2D eigenvalue weighted by molar-refractivity contribution is 0.0999. The van der Waals surface area contributed by atoms with Crippen LogP contribution < -0.4 is 11.3 Å². The van der Waals surface area contributed by atoms with Crippen molar-refractivity contribution in [1.82, 2.24) is 25.0 Å². The second-order valence-electron chi connectivity index (χ2n) is 6.27. The summed E-state index contributed by atoms with van der Waals surface area (Å²) in [6, 6.07) is 7.00. The van der Waals surface area contributed by atoms with Gasteiger partial charge in [0.05, 0.1) is 29.2 Å². The Kier molecular flexibility index (Phi) is 3.80. The van der Waals surface area contributed by atoms with E-state index in [-0.39, 0.29) is 5.56 Å². The van der Waals surface area contributed by atoms with E-state index in [4.69, 9.17) is 5.73 Å². The zero-order chi connectivity index (χ0) is 19.1. The number of nitrogens with two attached hydrogens (primary N) is 1. The molecule has 1 aromatic carbocycles. The van der Waals surface area contributed by atoms with Gasteiger partial charge < -0.3 is 10.7 Å². The molecule has 1 amide bonds. The highest BCUT2D eigenvalue weighted by Crippen LogP contribution is 2.23. The summed E-state index contributed by atoms with van der Waals surface area (Å²) in [5.74, 6) is -0.474. The van der Waals surface area contributed by atoms with Crippen molar-refractivity contribution < 1.29 is 4.79 Å². The number of fused-ring (bicyclic) bond motifs is 1. The van der Waals surface area contributed by atoms with Gasteiger partial charge in [-0.25, -0.2) is 4.68 Å². The molecule has 4 aromatic rings. The van der Waals surface area contributed by atoms with E-state index in [1.807, 2.05) is 19.9 Å². The Bertz CT molecular complexity index is 1250. The molecule has 0 fully saturated rings. The Morgan fingerprint density at radius 1 is 1.19 bits per heavy atom. The first-order valence-corrected chi connectivity index (χ1v) is 8.26. The summed E-state index contributed by atoms with van der Waals surface area (Å²) in [4.78, 5) is 30.7. The summed E-state index contributed by atoms with van der Waals surface area (Å²) in [5.41, 5.74) is 9.54. The Morgan fingerprint density at radius 3 is 2.78 bits per heavy atom. The van der Waals surface area contributed by atoms with Crippen molar-refractivity contribution in [3.05, 3.63) is 69.9 Å². The summed E-state index contributed by atoms with van der Waals surface area (Å²) < 4.78 is 1.58. The fraction of sp³-hybridized carbons (Fsp3) is 0.105. The molecule has 3 aromatic heterocycles. The normalized spacial score (nSPS) is 11.0. The molecule has 0 aliphatic carbocycles. The van der Waals surface area contributed by atoms with Gasteiger partial charge in [0.1, 0.15) is 5.69 Å². The minimum absolute atomic E-state index is 0.264. The van der Waals surface area contributed by atoms with Crippen molar-refractivity contribution in [3.63, 3.8) is 0 Å². The van der Waals surface area contributed by atoms with E-state index in [1.165, 1.54) is 0 Å². The standard InChI is InChI=1S/C19H16N6O2/c1-10-11(2)17(4-3-13(10)18(20)26)25-9-16(23-24-25)14-7-12-5-6-21-8-15(12)22-19(14)27/h3-9H,1-2H3,(H2,20,26)(H,22,27). The summed E-state index contributed by atoms with van der Waals surface area (Å²) in [6.07, 6.45) is 4.95. The van der Waals surface area contributed by atoms with Gasteiger partial charge in [-0.15, -0.1) is 5.10 Å².